The monoisotopic (exact) mass is 691 g/mol. The Balaban J connectivity index is 2.15. The molecule has 44 heavy (non-hydrogen) atoms. The van der Waals surface area contributed by atoms with Crippen molar-refractivity contribution in [3.8, 4) is 0 Å². The minimum absolute atomic E-state index is 0.190. The zero-order chi connectivity index (χ0) is 33.2. The number of aryl methyl sites for hydroxylation is 1. The second kappa shape index (κ2) is 13.6. The fraction of sp³-hybridized carbons (Fsp3) is 0.333. The van der Waals surface area contributed by atoms with Crippen LogP contribution in [0.2, 0.25) is 15.1 Å². The maximum Gasteiger partial charge on any atom is 0.417 e. The first-order valence-electron chi connectivity index (χ1n) is 13.2. The average Bonchev–Trinajstić information content (AvgIpc) is 2.90. The minimum Gasteiger partial charge on any atom is -0.350 e. The number of hydrogen-bond donors (Lipinski definition) is 1. The van der Waals surface area contributed by atoms with Gasteiger partial charge in [0.15, 0.2) is 0 Å². The molecule has 0 unspecified atom stereocenters. The normalized spacial score (nSPS) is 12.9. The van der Waals surface area contributed by atoms with E-state index >= 15 is 0 Å². The summed E-state index contributed by atoms with van der Waals surface area (Å²) in [4.78, 5) is 28.1. The van der Waals surface area contributed by atoms with Crippen LogP contribution in [-0.4, -0.2) is 43.3 Å². The number of carbonyl (C=O) groups excluding carboxylic acids is 2. The van der Waals surface area contributed by atoms with E-state index in [2.05, 4.69) is 5.32 Å². The van der Waals surface area contributed by atoms with Gasteiger partial charge in [-0.1, -0.05) is 58.6 Å². The molecule has 1 N–H and O–H groups in total. The molecule has 3 aromatic rings. The van der Waals surface area contributed by atoms with Crippen LogP contribution in [0.15, 0.2) is 65.6 Å². The molecule has 0 aromatic heterocycles. The molecular formula is C30H31Cl3F3N3O4S. The van der Waals surface area contributed by atoms with Gasteiger partial charge in [0.1, 0.15) is 12.6 Å². The lowest BCUT2D eigenvalue weighted by molar-refractivity contribution is -0.140. The third-order valence-corrected chi connectivity index (χ3v) is 9.16. The summed E-state index contributed by atoms with van der Waals surface area (Å²) < 4.78 is 69.8. The minimum atomic E-state index is -4.91. The lowest BCUT2D eigenvalue weighted by Gasteiger charge is -2.33. The van der Waals surface area contributed by atoms with Crippen LogP contribution in [0.25, 0.3) is 0 Å². The number of alkyl halides is 3. The molecule has 7 nitrogen and oxygen atoms in total. The lowest BCUT2D eigenvalue weighted by atomic mass is 10.1. The van der Waals surface area contributed by atoms with Crippen molar-refractivity contribution >= 4 is 62.3 Å². The van der Waals surface area contributed by atoms with E-state index in [1.165, 1.54) is 43.3 Å². The molecule has 0 aliphatic heterocycles. The van der Waals surface area contributed by atoms with Gasteiger partial charge in [0.25, 0.3) is 10.0 Å². The molecule has 2 amide bonds. The van der Waals surface area contributed by atoms with Crippen molar-refractivity contribution in [3.63, 3.8) is 0 Å². The lowest BCUT2D eigenvalue weighted by Crippen LogP contribution is -2.54. The Labute approximate surface area is 269 Å². The number of nitrogens with one attached hydrogen (secondary N) is 1. The van der Waals surface area contributed by atoms with E-state index in [0.717, 1.165) is 22.6 Å². The first-order chi connectivity index (χ1) is 20.2. The molecule has 3 rings (SSSR count). The highest BCUT2D eigenvalue weighted by molar-refractivity contribution is 7.92. The number of sulfonamides is 1. The van der Waals surface area contributed by atoms with Gasteiger partial charge in [0, 0.05) is 22.1 Å². The van der Waals surface area contributed by atoms with E-state index in [1.807, 2.05) is 0 Å². The summed E-state index contributed by atoms with van der Waals surface area (Å²) in [6.45, 7) is 7.23. The van der Waals surface area contributed by atoms with Gasteiger partial charge >= 0.3 is 6.18 Å². The van der Waals surface area contributed by atoms with E-state index < -0.39 is 62.4 Å². The second-order valence-electron chi connectivity index (χ2n) is 11.2. The molecule has 0 saturated heterocycles. The summed E-state index contributed by atoms with van der Waals surface area (Å²) in [7, 11) is -4.60. The van der Waals surface area contributed by atoms with E-state index in [0.29, 0.717) is 21.0 Å². The number of carbonyl (C=O) groups is 2. The Morgan fingerprint density at radius 2 is 1.52 bits per heavy atom. The molecule has 0 bridgehead atoms. The van der Waals surface area contributed by atoms with E-state index in [4.69, 9.17) is 34.8 Å². The second-order valence-corrected chi connectivity index (χ2v) is 14.3. The van der Waals surface area contributed by atoms with E-state index in [-0.39, 0.29) is 16.5 Å². The summed E-state index contributed by atoms with van der Waals surface area (Å²) in [6.07, 6.45) is -4.91. The van der Waals surface area contributed by atoms with E-state index in [1.54, 1.807) is 33.8 Å². The SMILES string of the molecule is Cc1ccc(S(=O)(=O)N(CC(=O)N(Cc2ccc(Cl)cc2Cl)[C@H](C)C(=O)NC(C)(C)C)c2ccc(Cl)c(C(F)(F)F)c2)cc1. The van der Waals surface area contributed by atoms with Crippen molar-refractivity contribution in [2.24, 2.45) is 0 Å². The highest BCUT2D eigenvalue weighted by Gasteiger charge is 2.37. The molecule has 0 radical (unpaired) electrons. The third-order valence-electron chi connectivity index (χ3n) is 6.45. The Hall–Kier alpha value is -2.99. The quantitative estimate of drug-likeness (QED) is 0.252. The Bertz CT molecular complexity index is 1640. The van der Waals surface area contributed by atoms with Crippen LogP contribution in [0.1, 0.15) is 44.4 Å². The molecule has 0 heterocycles. The zero-order valence-corrected chi connectivity index (χ0v) is 27.6. The van der Waals surface area contributed by atoms with Gasteiger partial charge in [-0.25, -0.2) is 8.42 Å². The highest BCUT2D eigenvalue weighted by Crippen LogP contribution is 2.38. The smallest absolute Gasteiger partial charge is 0.350 e. The number of hydrogen-bond acceptors (Lipinski definition) is 4. The molecule has 0 spiro atoms. The molecule has 0 fully saturated rings. The number of anilines is 1. The molecule has 0 aliphatic rings. The number of amides is 2. The van der Waals surface area contributed by atoms with Crippen LogP contribution >= 0.6 is 34.8 Å². The highest BCUT2D eigenvalue weighted by atomic mass is 35.5. The van der Waals surface area contributed by atoms with Crippen molar-refractivity contribution < 1.29 is 31.2 Å². The largest absolute Gasteiger partial charge is 0.417 e. The fourth-order valence-electron chi connectivity index (χ4n) is 4.14. The number of benzene rings is 3. The first-order valence-corrected chi connectivity index (χ1v) is 15.8. The van der Waals surface area contributed by atoms with Crippen molar-refractivity contribution in [2.45, 2.75) is 63.8 Å². The Morgan fingerprint density at radius 1 is 0.909 bits per heavy atom. The van der Waals surface area contributed by atoms with Gasteiger partial charge in [0.2, 0.25) is 11.8 Å². The number of rotatable bonds is 9. The molecule has 14 heteroatoms. The van der Waals surface area contributed by atoms with Crippen molar-refractivity contribution in [2.75, 3.05) is 10.8 Å². The first kappa shape index (κ1) is 35.5. The van der Waals surface area contributed by atoms with Gasteiger partial charge in [-0.3, -0.25) is 13.9 Å². The molecular weight excluding hydrogens is 662 g/mol. The Morgan fingerprint density at radius 3 is 2.07 bits per heavy atom. The van der Waals surface area contributed by atoms with Gasteiger partial charge < -0.3 is 10.2 Å². The molecule has 3 aromatic carbocycles. The van der Waals surface area contributed by atoms with Crippen molar-refractivity contribution in [3.05, 3.63) is 92.4 Å². The summed E-state index contributed by atoms with van der Waals surface area (Å²) in [5.41, 5.74) is -1.26. The van der Waals surface area contributed by atoms with Gasteiger partial charge in [-0.05, 0) is 82.6 Å². The van der Waals surface area contributed by atoms with Crippen LogP contribution in [0.3, 0.4) is 0 Å². The summed E-state index contributed by atoms with van der Waals surface area (Å²) in [5.74, 6) is -1.43. The maximum absolute atomic E-state index is 14.0. The topological polar surface area (TPSA) is 86.8 Å². The molecule has 1 atom stereocenters. The van der Waals surface area contributed by atoms with Gasteiger partial charge in [-0.2, -0.15) is 13.2 Å². The van der Waals surface area contributed by atoms with Crippen LogP contribution in [0.5, 0.6) is 0 Å². The van der Waals surface area contributed by atoms with Crippen LogP contribution < -0.4 is 9.62 Å². The third kappa shape index (κ3) is 8.80. The van der Waals surface area contributed by atoms with E-state index in [9.17, 15) is 31.2 Å². The van der Waals surface area contributed by atoms with Crippen molar-refractivity contribution in [1.29, 1.82) is 0 Å². The maximum atomic E-state index is 14.0. The number of halogens is 6. The molecule has 0 aliphatic carbocycles. The Kier molecular flexibility index (Phi) is 10.9. The summed E-state index contributed by atoms with van der Waals surface area (Å²) >= 11 is 18.2. The predicted octanol–water partition coefficient (Wildman–Crippen LogP) is 7.50. The van der Waals surface area contributed by atoms with Crippen LogP contribution in [0.4, 0.5) is 18.9 Å². The summed E-state index contributed by atoms with van der Waals surface area (Å²) in [6, 6.07) is 11.5. The average molecular weight is 693 g/mol. The van der Waals surface area contributed by atoms with Crippen LogP contribution in [0, 0.1) is 6.92 Å². The van der Waals surface area contributed by atoms with Gasteiger partial charge in [-0.15, -0.1) is 0 Å². The van der Waals surface area contributed by atoms with Crippen LogP contribution in [-0.2, 0) is 32.3 Å². The van der Waals surface area contributed by atoms with Gasteiger partial charge in [0.05, 0.1) is 21.2 Å². The molecule has 238 valence electrons. The molecule has 0 saturated carbocycles. The fourth-order valence-corrected chi connectivity index (χ4v) is 6.24. The predicted molar refractivity (Wildman–Crippen MR) is 167 cm³/mol. The standard InChI is InChI=1S/C30H31Cl3F3N3O4S/c1-18-6-11-23(12-7-18)44(42,43)39(22-10-13-25(32)24(15-22)30(34,35)36)17-27(40)38(19(2)28(41)37-29(3,4)5)16-20-8-9-21(31)14-26(20)33/h6-15,19H,16-17H2,1-5H3,(H,37,41)/t19-/m1/s1. The summed E-state index contributed by atoms with van der Waals surface area (Å²) in [5, 5.41) is 2.65. The number of nitrogens with zero attached hydrogens (tertiary/aromatic N) is 2. The zero-order valence-electron chi connectivity index (χ0n) is 24.5. The van der Waals surface area contributed by atoms with Crippen molar-refractivity contribution in [1.82, 2.24) is 10.2 Å².